The highest BCUT2D eigenvalue weighted by Gasteiger charge is 1.98. The third-order valence-electron chi connectivity index (χ3n) is 1.11. The Morgan fingerprint density at radius 2 is 2.33 bits per heavy atom. The molecular weight excluding hydrogens is 224 g/mol. The van der Waals surface area contributed by atoms with Crippen molar-refractivity contribution in [2.45, 2.75) is 0 Å². The minimum absolute atomic E-state index is 0.0375. The first-order chi connectivity index (χ1) is 5.72. The predicted molar refractivity (Wildman–Crippen MR) is 49.7 cm³/mol. The molecule has 4 N–H and O–H groups in total. The Morgan fingerprint density at radius 3 is 2.92 bits per heavy atom. The SMILES string of the molecule is Nc1cc(Br)nc(NCCO)n1. The number of nitrogens with one attached hydrogen (secondary N) is 1. The van der Waals surface area contributed by atoms with E-state index >= 15 is 0 Å². The number of anilines is 2. The number of hydrogen-bond acceptors (Lipinski definition) is 5. The van der Waals surface area contributed by atoms with Crippen LogP contribution in [0.4, 0.5) is 11.8 Å². The Morgan fingerprint density at radius 1 is 1.58 bits per heavy atom. The average molecular weight is 233 g/mol. The second-order valence-electron chi connectivity index (χ2n) is 2.09. The predicted octanol–water partition coefficient (Wildman–Crippen LogP) is 0.225. The van der Waals surface area contributed by atoms with Gasteiger partial charge in [-0.1, -0.05) is 0 Å². The Kier molecular flexibility index (Phi) is 3.24. The fourth-order valence-electron chi connectivity index (χ4n) is 0.682. The third kappa shape index (κ3) is 2.63. The molecular formula is C6H9BrN4O. The molecule has 0 aliphatic heterocycles. The highest BCUT2D eigenvalue weighted by molar-refractivity contribution is 9.10. The molecule has 1 rings (SSSR count). The van der Waals surface area contributed by atoms with Crippen LogP contribution in [0.15, 0.2) is 10.7 Å². The number of aliphatic hydroxyl groups is 1. The van der Waals surface area contributed by atoms with Crippen LogP contribution < -0.4 is 11.1 Å². The van der Waals surface area contributed by atoms with Crippen LogP contribution in [0.25, 0.3) is 0 Å². The lowest BCUT2D eigenvalue weighted by molar-refractivity contribution is 0.311. The van der Waals surface area contributed by atoms with Crippen molar-refractivity contribution >= 4 is 27.7 Å². The normalized spacial score (nSPS) is 9.83. The molecule has 0 aliphatic carbocycles. The van der Waals surface area contributed by atoms with Gasteiger partial charge in [0.05, 0.1) is 6.61 Å². The number of hydrogen-bond donors (Lipinski definition) is 3. The molecule has 0 spiro atoms. The minimum atomic E-state index is 0.0375. The summed E-state index contributed by atoms with van der Waals surface area (Å²) in [6.45, 7) is 0.450. The average Bonchev–Trinajstić information content (AvgIpc) is 1.99. The first-order valence-corrected chi connectivity index (χ1v) is 4.16. The van der Waals surface area contributed by atoms with Crippen LogP contribution in [0.3, 0.4) is 0 Å². The van der Waals surface area contributed by atoms with Crippen molar-refractivity contribution in [2.75, 3.05) is 24.2 Å². The van der Waals surface area contributed by atoms with Gasteiger partial charge in [-0.2, -0.15) is 4.98 Å². The Bertz CT molecular complexity index is 247. The van der Waals surface area contributed by atoms with E-state index in [1.165, 1.54) is 0 Å². The van der Waals surface area contributed by atoms with E-state index in [-0.39, 0.29) is 6.61 Å². The van der Waals surface area contributed by atoms with Gasteiger partial charge in [-0.3, -0.25) is 0 Å². The van der Waals surface area contributed by atoms with Gasteiger partial charge >= 0.3 is 0 Å². The van der Waals surface area contributed by atoms with Crippen molar-refractivity contribution in [3.63, 3.8) is 0 Å². The maximum absolute atomic E-state index is 8.51. The number of aliphatic hydroxyl groups excluding tert-OH is 1. The molecule has 12 heavy (non-hydrogen) atoms. The van der Waals surface area contributed by atoms with Gasteiger partial charge in [0.1, 0.15) is 10.4 Å². The van der Waals surface area contributed by atoms with Crippen LogP contribution in [0, 0.1) is 0 Å². The third-order valence-corrected chi connectivity index (χ3v) is 1.52. The lowest BCUT2D eigenvalue weighted by Gasteiger charge is -2.02. The maximum Gasteiger partial charge on any atom is 0.225 e. The molecule has 0 unspecified atom stereocenters. The van der Waals surface area contributed by atoms with Gasteiger partial charge in [0, 0.05) is 12.6 Å². The highest BCUT2D eigenvalue weighted by Crippen LogP contribution is 2.11. The summed E-state index contributed by atoms with van der Waals surface area (Å²) < 4.78 is 0.621. The summed E-state index contributed by atoms with van der Waals surface area (Å²) in [4.78, 5) is 7.86. The van der Waals surface area contributed by atoms with E-state index < -0.39 is 0 Å². The molecule has 0 saturated carbocycles. The number of halogens is 1. The van der Waals surface area contributed by atoms with E-state index in [0.717, 1.165) is 0 Å². The molecule has 1 heterocycles. The van der Waals surface area contributed by atoms with Gasteiger partial charge in [-0.25, -0.2) is 4.98 Å². The van der Waals surface area contributed by atoms with E-state index in [4.69, 9.17) is 10.8 Å². The summed E-state index contributed by atoms with van der Waals surface area (Å²) in [5.41, 5.74) is 5.45. The zero-order valence-corrected chi connectivity index (χ0v) is 7.87. The fourth-order valence-corrected chi connectivity index (χ4v) is 1.08. The van der Waals surface area contributed by atoms with E-state index in [2.05, 4.69) is 31.2 Å². The lowest BCUT2D eigenvalue weighted by atomic mass is 10.6. The van der Waals surface area contributed by atoms with Crippen molar-refractivity contribution < 1.29 is 5.11 Å². The van der Waals surface area contributed by atoms with E-state index in [1.54, 1.807) is 6.07 Å². The summed E-state index contributed by atoms with van der Waals surface area (Å²) in [7, 11) is 0. The maximum atomic E-state index is 8.51. The topological polar surface area (TPSA) is 84.1 Å². The molecule has 1 aromatic rings. The second kappa shape index (κ2) is 4.22. The van der Waals surface area contributed by atoms with Crippen LogP contribution in [-0.2, 0) is 0 Å². The number of nitrogen functional groups attached to an aromatic ring is 1. The molecule has 0 radical (unpaired) electrons. The van der Waals surface area contributed by atoms with Crippen LogP contribution in [0.2, 0.25) is 0 Å². The summed E-state index contributed by atoms with van der Waals surface area (Å²) in [5, 5.41) is 11.3. The van der Waals surface area contributed by atoms with E-state index in [0.29, 0.717) is 22.9 Å². The van der Waals surface area contributed by atoms with Crippen molar-refractivity contribution in [1.29, 1.82) is 0 Å². The fraction of sp³-hybridized carbons (Fsp3) is 0.333. The van der Waals surface area contributed by atoms with Gasteiger partial charge in [0.15, 0.2) is 0 Å². The smallest absolute Gasteiger partial charge is 0.225 e. The molecule has 1 aromatic heterocycles. The zero-order chi connectivity index (χ0) is 8.97. The number of nitrogens with zero attached hydrogens (tertiary/aromatic N) is 2. The van der Waals surface area contributed by atoms with Crippen LogP contribution >= 0.6 is 15.9 Å². The summed E-state index contributed by atoms with van der Waals surface area (Å²) in [6.07, 6.45) is 0. The van der Waals surface area contributed by atoms with Crippen LogP contribution in [0.1, 0.15) is 0 Å². The molecule has 0 amide bonds. The van der Waals surface area contributed by atoms with Crippen molar-refractivity contribution in [2.24, 2.45) is 0 Å². The molecule has 0 aromatic carbocycles. The Hall–Kier alpha value is -0.880. The first-order valence-electron chi connectivity index (χ1n) is 3.37. The van der Waals surface area contributed by atoms with Gasteiger partial charge in [0.25, 0.3) is 0 Å². The summed E-state index contributed by atoms with van der Waals surface area (Å²) >= 11 is 3.17. The minimum Gasteiger partial charge on any atom is -0.395 e. The molecule has 6 heteroatoms. The Labute approximate surface area is 78.2 Å². The van der Waals surface area contributed by atoms with Gasteiger partial charge in [-0.15, -0.1) is 0 Å². The molecule has 0 saturated heterocycles. The quantitative estimate of drug-likeness (QED) is 0.650. The van der Waals surface area contributed by atoms with Crippen LogP contribution in [-0.4, -0.2) is 28.2 Å². The van der Waals surface area contributed by atoms with Gasteiger partial charge in [-0.05, 0) is 15.9 Å². The van der Waals surface area contributed by atoms with Crippen molar-refractivity contribution in [3.8, 4) is 0 Å². The standard InChI is InChI=1S/C6H9BrN4O/c7-4-3-5(8)11-6(10-4)9-1-2-12/h3,12H,1-2H2,(H3,8,9,10,11). The van der Waals surface area contributed by atoms with Gasteiger partial charge < -0.3 is 16.2 Å². The molecule has 0 bridgehead atoms. The van der Waals surface area contributed by atoms with E-state index in [1.807, 2.05) is 0 Å². The highest BCUT2D eigenvalue weighted by atomic mass is 79.9. The van der Waals surface area contributed by atoms with Gasteiger partial charge in [0.2, 0.25) is 5.95 Å². The monoisotopic (exact) mass is 232 g/mol. The largest absolute Gasteiger partial charge is 0.395 e. The lowest BCUT2D eigenvalue weighted by Crippen LogP contribution is -2.09. The van der Waals surface area contributed by atoms with E-state index in [9.17, 15) is 0 Å². The van der Waals surface area contributed by atoms with Crippen LogP contribution in [0.5, 0.6) is 0 Å². The molecule has 0 fully saturated rings. The van der Waals surface area contributed by atoms with Crippen molar-refractivity contribution in [3.05, 3.63) is 10.7 Å². The number of aromatic nitrogens is 2. The Balaban J connectivity index is 2.72. The molecule has 0 aliphatic rings. The number of nitrogens with two attached hydrogens (primary N) is 1. The molecule has 66 valence electrons. The number of rotatable bonds is 3. The summed E-state index contributed by atoms with van der Waals surface area (Å²) in [5.74, 6) is 0.799. The molecule has 5 nitrogen and oxygen atoms in total. The summed E-state index contributed by atoms with van der Waals surface area (Å²) in [6, 6.07) is 1.60. The zero-order valence-electron chi connectivity index (χ0n) is 6.29. The first kappa shape index (κ1) is 9.21. The van der Waals surface area contributed by atoms with Crippen molar-refractivity contribution in [1.82, 2.24) is 9.97 Å². The molecule has 0 atom stereocenters. The second-order valence-corrected chi connectivity index (χ2v) is 2.90.